The van der Waals surface area contributed by atoms with Gasteiger partial charge in [0.2, 0.25) is 5.78 Å². The van der Waals surface area contributed by atoms with Crippen LogP contribution >= 0.6 is 0 Å². The minimum Gasteiger partial charge on any atom is -0.482 e. The van der Waals surface area contributed by atoms with E-state index < -0.39 is 11.7 Å². The largest absolute Gasteiger partial charge is 0.482 e. The highest BCUT2D eigenvalue weighted by molar-refractivity contribution is 5.99. The van der Waals surface area contributed by atoms with Crippen molar-refractivity contribution in [2.75, 3.05) is 0 Å². The molecule has 2 aromatic carbocycles. The second-order valence-electron chi connectivity index (χ2n) is 4.94. The molecule has 0 radical (unpaired) electrons. The average molecular weight is 294 g/mol. The van der Waals surface area contributed by atoms with Crippen LogP contribution in [0.5, 0.6) is 5.75 Å². The van der Waals surface area contributed by atoms with Crippen LogP contribution in [0.2, 0.25) is 0 Å². The van der Waals surface area contributed by atoms with E-state index in [1.165, 1.54) is 6.07 Å². The summed E-state index contributed by atoms with van der Waals surface area (Å²) in [6.07, 6.45) is -0.629. The Morgan fingerprint density at radius 3 is 2.55 bits per heavy atom. The highest BCUT2D eigenvalue weighted by Gasteiger charge is 2.16. The van der Waals surface area contributed by atoms with E-state index in [-0.39, 0.29) is 5.78 Å². The quantitative estimate of drug-likeness (QED) is 0.546. The molecule has 0 saturated carbocycles. The number of fused-ring (bicyclic) bond motifs is 1. The zero-order chi connectivity index (χ0) is 15.5. The molecule has 0 unspecified atom stereocenters. The smallest absolute Gasteiger partial charge is 0.336 e. The van der Waals surface area contributed by atoms with E-state index in [0.29, 0.717) is 16.9 Å². The molecule has 0 bridgehead atoms. The third-order valence-electron chi connectivity index (χ3n) is 3.33. The van der Waals surface area contributed by atoms with Crippen molar-refractivity contribution >= 4 is 16.8 Å². The number of carbonyl (C=O) groups is 1. The van der Waals surface area contributed by atoms with Crippen LogP contribution < -0.4 is 10.4 Å². The molecule has 1 heterocycles. The maximum absolute atomic E-state index is 12.3. The van der Waals surface area contributed by atoms with Gasteiger partial charge in [-0.25, -0.2) is 4.79 Å². The minimum atomic E-state index is -0.629. The molecule has 0 N–H and O–H groups in total. The van der Waals surface area contributed by atoms with E-state index >= 15 is 0 Å². The van der Waals surface area contributed by atoms with Crippen LogP contribution in [0.3, 0.4) is 0 Å². The lowest BCUT2D eigenvalue weighted by Crippen LogP contribution is -2.23. The van der Waals surface area contributed by atoms with E-state index in [1.54, 1.807) is 43.3 Å². The SMILES string of the molecule is C[C@H](Oc1ccc2ccc(=O)oc2c1)C(=O)c1ccccc1. The molecule has 1 atom stereocenters. The molecule has 0 aliphatic carbocycles. The highest BCUT2D eigenvalue weighted by atomic mass is 16.5. The third-order valence-corrected chi connectivity index (χ3v) is 3.33. The summed E-state index contributed by atoms with van der Waals surface area (Å²) in [6.45, 7) is 1.70. The zero-order valence-electron chi connectivity index (χ0n) is 12.0. The molecule has 0 fully saturated rings. The average Bonchev–Trinajstić information content (AvgIpc) is 2.54. The van der Waals surface area contributed by atoms with Gasteiger partial charge in [-0.15, -0.1) is 0 Å². The fourth-order valence-corrected chi connectivity index (χ4v) is 2.21. The Morgan fingerprint density at radius 1 is 1.05 bits per heavy atom. The van der Waals surface area contributed by atoms with Crippen molar-refractivity contribution in [2.24, 2.45) is 0 Å². The van der Waals surface area contributed by atoms with Crippen molar-refractivity contribution in [1.82, 2.24) is 0 Å². The Morgan fingerprint density at radius 2 is 1.77 bits per heavy atom. The van der Waals surface area contributed by atoms with E-state index in [1.807, 2.05) is 18.2 Å². The maximum Gasteiger partial charge on any atom is 0.336 e. The molecule has 1 aromatic heterocycles. The first kappa shape index (κ1) is 14.1. The Hall–Kier alpha value is -2.88. The summed E-state index contributed by atoms with van der Waals surface area (Å²) in [6, 6.07) is 17.2. The first-order valence-electron chi connectivity index (χ1n) is 6.93. The van der Waals surface area contributed by atoms with E-state index in [4.69, 9.17) is 9.15 Å². The Bertz CT molecular complexity index is 865. The normalized spacial score (nSPS) is 12.0. The van der Waals surface area contributed by atoms with Crippen LogP contribution in [-0.2, 0) is 0 Å². The van der Waals surface area contributed by atoms with Gasteiger partial charge in [-0.1, -0.05) is 30.3 Å². The highest BCUT2D eigenvalue weighted by Crippen LogP contribution is 2.21. The number of ketones is 1. The Kier molecular flexibility index (Phi) is 3.74. The summed E-state index contributed by atoms with van der Waals surface area (Å²) in [7, 11) is 0. The molecule has 0 aliphatic heterocycles. The molecule has 0 amide bonds. The molecular weight excluding hydrogens is 280 g/mol. The van der Waals surface area contributed by atoms with Crippen molar-refractivity contribution in [3.8, 4) is 5.75 Å². The third kappa shape index (κ3) is 2.91. The van der Waals surface area contributed by atoms with Gasteiger partial charge in [-0.2, -0.15) is 0 Å². The van der Waals surface area contributed by atoms with Crippen LogP contribution in [0.1, 0.15) is 17.3 Å². The molecule has 110 valence electrons. The maximum atomic E-state index is 12.3. The number of hydrogen-bond acceptors (Lipinski definition) is 4. The number of ether oxygens (including phenoxy) is 1. The topological polar surface area (TPSA) is 56.5 Å². The first-order valence-corrected chi connectivity index (χ1v) is 6.93. The van der Waals surface area contributed by atoms with Gasteiger partial charge in [0.25, 0.3) is 0 Å². The van der Waals surface area contributed by atoms with Gasteiger partial charge in [0.15, 0.2) is 6.10 Å². The predicted molar refractivity (Wildman–Crippen MR) is 83.3 cm³/mol. The number of hydrogen-bond donors (Lipinski definition) is 0. The summed E-state index contributed by atoms with van der Waals surface area (Å²) in [5, 5.41) is 0.800. The summed E-state index contributed by atoms with van der Waals surface area (Å²) in [5.41, 5.74) is 0.616. The summed E-state index contributed by atoms with van der Waals surface area (Å²) in [5.74, 6) is 0.383. The molecule has 0 aliphatic rings. The molecule has 4 heteroatoms. The first-order chi connectivity index (χ1) is 10.6. The van der Waals surface area contributed by atoms with Crippen LogP contribution in [0.15, 0.2) is 69.9 Å². The van der Waals surface area contributed by atoms with Gasteiger partial charge in [0, 0.05) is 23.1 Å². The van der Waals surface area contributed by atoms with E-state index in [0.717, 1.165) is 5.39 Å². The van der Waals surface area contributed by atoms with Crippen molar-refractivity contribution in [1.29, 1.82) is 0 Å². The Balaban J connectivity index is 1.83. The second-order valence-corrected chi connectivity index (χ2v) is 4.94. The van der Waals surface area contributed by atoms with E-state index in [2.05, 4.69) is 0 Å². The lowest BCUT2D eigenvalue weighted by molar-refractivity contribution is 0.0818. The molecule has 3 aromatic rings. The van der Waals surface area contributed by atoms with Crippen LogP contribution in [0.4, 0.5) is 0 Å². The molecule has 0 saturated heterocycles. The number of rotatable bonds is 4. The Labute approximate surface area is 127 Å². The van der Waals surface area contributed by atoms with Crippen LogP contribution in [-0.4, -0.2) is 11.9 Å². The summed E-state index contributed by atoms with van der Waals surface area (Å²) in [4.78, 5) is 23.5. The zero-order valence-corrected chi connectivity index (χ0v) is 12.0. The van der Waals surface area contributed by atoms with Crippen molar-refractivity contribution in [3.05, 3.63) is 76.6 Å². The molecule has 4 nitrogen and oxygen atoms in total. The van der Waals surface area contributed by atoms with Crippen molar-refractivity contribution < 1.29 is 13.9 Å². The number of benzene rings is 2. The standard InChI is InChI=1S/C18H14O4/c1-12(18(20)14-5-3-2-4-6-14)21-15-9-7-13-8-10-17(19)22-16(13)11-15/h2-12H,1H3/t12-/m0/s1. The van der Waals surface area contributed by atoms with Crippen LogP contribution in [0, 0.1) is 0 Å². The lowest BCUT2D eigenvalue weighted by Gasteiger charge is -2.14. The lowest BCUT2D eigenvalue weighted by atomic mass is 10.1. The second kappa shape index (κ2) is 5.85. The van der Waals surface area contributed by atoms with Gasteiger partial charge in [-0.05, 0) is 25.1 Å². The van der Waals surface area contributed by atoms with Crippen molar-refractivity contribution in [3.63, 3.8) is 0 Å². The number of carbonyl (C=O) groups excluding carboxylic acids is 1. The fraction of sp³-hybridized carbons (Fsp3) is 0.111. The van der Waals surface area contributed by atoms with Gasteiger partial charge in [0.1, 0.15) is 11.3 Å². The molecule has 22 heavy (non-hydrogen) atoms. The van der Waals surface area contributed by atoms with Gasteiger partial charge >= 0.3 is 5.63 Å². The summed E-state index contributed by atoms with van der Waals surface area (Å²) >= 11 is 0. The van der Waals surface area contributed by atoms with E-state index in [9.17, 15) is 9.59 Å². The van der Waals surface area contributed by atoms with Gasteiger partial charge < -0.3 is 9.15 Å². The summed E-state index contributed by atoms with van der Waals surface area (Å²) < 4.78 is 10.8. The van der Waals surface area contributed by atoms with Crippen LogP contribution in [0.25, 0.3) is 11.0 Å². The van der Waals surface area contributed by atoms with Gasteiger partial charge in [-0.3, -0.25) is 4.79 Å². The fourth-order valence-electron chi connectivity index (χ4n) is 2.21. The van der Waals surface area contributed by atoms with Gasteiger partial charge in [0.05, 0.1) is 0 Å². The monoisotopic (exact) mass is 294 g/mol. The predicted octanol–water partition coefficient (Wildman–Crippen LogP) is 3.44. The molecule has 0 spiro atoms. The van der Waals surface area contributed by atoms with Crippen molar-refractivity contribution in [2.45, 2.75) is 13.0 Å². The molecule has 3 rings (SSSR count). The molecular formula is C18H14O4. The number of Topliss-reactive ketones (excluding diaryl/α,β-unsaturated/α-hetero) is 1. The minimum absolute atomic E-state index is 0.102.